The second-order valence-electron chi connectivity index (χ2n) is 3.82. The monoisotopic (exact) mass is 378 g/mol. The van der Waals surface area contributed by atoms with E-state index in [1.165, 1.54) is 24.4 Å². The standard InChI is InChI=1S/C12H6BrF3N2O4/c13-7-5-17-6-8(18(19)20)11(7)21-9-3-1-2-4-10(9)22-12(14,15)16/h1-6H. The summed E-state index contributed by atoms with van der Waals surface area (Å²) in [5.74, 6) is -1.22. The maximum absolute atomic E-state index is 12.3. The van der Waals surface area contributed by atoms with Crippen LogP contribution in [0, 0.1) is 10.1 Å². The molecule has 0 radical (unpaired) electrons. The first-order valence-corrected chi connectivity index (χ1v) is 6.38. The number of rotatable bonds is 4. The van der Waals surface area contributed by atoms with Crippen LogP contribution in [0.25, 0.3) is 0 Å². The third-order valence-electron chi connectivity index (χ3n) is 2.32. The smallest absolute Gasteiger partial charge is 0.445 e. The third kappa shape index (κ3) is 3.85. The average Bonchev–Trinajstić information content (AvgIpc) is 2.41. The van der Waals surface area contributed by atoms with Crippen LogP contribution in [0.15, 0.2) is 41.1 Å². The lowest BCUT2D eigenvalue weighted by atomic mass is 10.3. The summed E-state index contributed by atoms with van der Waals surface area (Å²) in [6, 6.07) is 4.94. The van der Waals surface area contributed by atoms with Crippen molar-refractivity contribution in [3.63, 3.8) is 0 Å². The Bertz CT molecular complexity index is 709. The quantitative estimate of drug-likeness (QED) is 0.580. The van der Waals surface area contributed by atoms with Crippen molar-refractivity contribution in [3.05, 3.63) is 51.2 Å². The van der Waals surface area contributed by atoms with Gasteiger partial charge in [0.25, 0.3) is 0 Å². The van der Waals surface area contributed by atoms with Crippen molar-refractivity contribution < 1.29 is 27.6 Å². The van der Waals surface area contributed by atoms with E-state index in [4.69, 9.17) is 4.74 Å². The first-order chi connectivity index (χ1) is 10.3. The molecule has 0 aliphatic heterocycles. The predicted molar refractivity (Wildman–Crippen MR) is 71.8 cm³/mol. The van der Waals surface area contributed by atoms with E-state index in [1.807, 2.05) is 0 Å². The first-order valence-electron chi connectivity index (χ1n) is 5.58. The van der Waals surface area contributed by atoms with Crippen LogP contribution < -0.4 is 9.47 Å². The fourth-order valence-electron chi connectivity index (χ4n) is 1.50. The molecule has 0 fully saturated rings. The largest absolute Gasteiger partial charge is 0.573 e. The van der Waals surface area contributed by atoms with Crippen LogP contribution in [0.3, 0.4) is 0 Å². The van der Waals surface area contributed by atoms with Crippen molar-refractivity contribution in [3.8, 4) is 17.2 Å². The first kappa shape index (κ1) is 16.0. The van der Waals surface area contributed by atoms with Crippen LogP contribution in [-0.4, -0.2) is 16.3 Å². The van der Waals surface area contributed by atoms with Crippen molar-refractivity contribution in [1.29, 1.82) is 0 Å². The summed E-state index contributed by atoms with van der Waals surface area (Å²) in [7, 11) is 0. The van der Waals surface area contributed by atoms with Crippen molar-refractivity contribution in [2.45, 2.75) is 6.36 Å². The van der Waals surface area contributed by atoms with E-state index in [-0.39, 0.29) is 16.0 Å². The summed E-state index contributed by atoms with van der Waals surface area (Å²) < 4.78 is 46.2. The minimum absolute atomic E-state index is 0.114. The van der Waals surface area contributed by atoms with E-state index in [9.17, 15) is 23.3 Å². The summed E-state index contributed by atoms with van der Waals surface area (Å²) in [4.78, 5) is 13.8. The second-order valence-corrected chi connectivity index (χ2v) is 4.68. The van der Waals surface area contributed by atoms with Gasteiger partial charge in [0.1, 0.15) is 6.20 Å². The second kappa shape index (κ2) is 6.18. The number of ether oxygens (including phenoxy) is 2. The minimum Gasteiger partial charge on any atom is -0.445 e. The molecule has 116 valence electrons. The Hall–Kier alpha value is -2.36. The summed E-state index contributed by atoms with van der Waals surface area (Å²) in [5, 5.41) is 10.9. The molecule has 0 spiro atoms. The number of nitrogens with zero attached hydrogens (tertiary/aromatic N) is 2. The Kier molecular flexibility index (Phi) is 4.50. The van der Waals surface area contributed by atoms with Gasteiger partial charge in [-0.3, -0.25) is 15.1 Å². The fourth-order valence-corrected chi connectivity index (χ4v) is 1.90. The highest BCUT2D eigenvalue weighted by atomic mass is 79.9. The molecule has 1 aromatic heterocycles. The molecule has 1 heterocycles. The van der Waals surface area contributed by atoms with E-state index in [1.54, 1.807) is 0 Å². The topological polar surface area (TPSA) is 74.5 Å². The molecular weight excluding hydrogens is 373 g/mol. The zero-order valence-corrected chi connectivity index (χ0v) is 12.1. The molecular formula is C12H6BrF3N2O4. The van der Waals surface area contributed by atoms with Gasteiger partial charge in [-0.05, 0) is 28.1 Å². The van der Waals surface area contributed by atoms with Crippen molar-refractivity contribution >= 4 is 21.6 Å². The maximum atomic E-state index is 12.3. The molecule has 6 nitrogen and oxygen atoms in total. The van der Waals surface area contributed by atoms with Gasteiger partial charge in [0.2, 0.25) is 5.75 Å². The van der Waals surface area contributed by atoms with Crippen LogP contribution in [0.1, 0.15) is 0 Å². The number of hydrogen-bond donors (Lipinski definition) is 0. The lowest BCUT2D eigenvalue weighted by Crippen LogP contribution is -2.17. The van der Waals surface area contributed by atoms with Gasteiger partial charge < -0.3 is 9.47 Å². The number of alkyl halides is 3. The minimum atomic E-state index is -4.92. The molecule has 2 aromatic rings. The van der Waals surface area contributed by atoms with Crippen molar-refractivity contribution in [2.24, 2.45) is 0 Å². The Morgan fingerprint density at radius 3 is 2.41 bits per heavy atom. The number of para-hydroxylation sites is 2. The summed E-state index contributed by atoms with van der Waals surface area (Å²) in [6.07, 6.45) is -2.77. The van der Waals surface area contributed by atoms with Gasteiger partial charge in [0.05, 0.1) is 9.40 Å². The molecule has 0 amide bonds. The van der Waals surface area contributed by atoms with Crippen LogP contribution >= 0.6 is 15.9 Å². The van der Waals surface area contributed by atoms with Crippen LogP contribution in [0.5, 0.6) is 17.2 Å². The number of aromatic nitrogens is 1. The molecule has 0 aliphatic rings. The SMILES string of the molecule is O=[N+]([O-])c1cncc(Br)c1Oc1ccccc1OC(F)(F)F. The molecule has 0 N–H and O–H groups in total. The van der Waals surface area contributed by atoms with Crippen LogP contribution in [0.4, 0.5) is 18.9 Å². The number of pyridine rings is 1. The molecule has 2 rings (SSSR count). The molecule has 0 unspecified atom stereocenters. The van der Waals surface area contributed by atoms with E-state index < -0.39 is 22.7 Å². The van der Waals surface area contributed by atoms with E-state index in [2.05, 4.69) is 25.7 Å². The molecule has 10 heteroatoms. The Labute approximate surface area is 129 Å². The zero-order valence-electron chi connectivity index (χ0n) is 10.5. The molecule has 22 heavy (non-hydrogen) atoms. The summed E-state index contributed by atoms with van der Waals surface area (Å²) in [5.41, 5.74) is -0.504. The molecule has 0 aliphatic carbocycles. The predicted octanol–water partition coefficient (Wildman–Crippen LogP) is 4.44. The van der Waals surface area contributed by atoms with Gasteiger partial charge in [-0.25, -0.2) is 0 Å². The zero-order chi connectivity index (χ0) is 16.3. The molecule has 0 atom stereocenters. The highest BCUT2D eigenvalue weighted by molar-refractivity contribution is 9.10. The van der Waals surface area contributed by atoms with Crippen LogP contribution in [0.2, 0.25) is 0 Å². The lowest BCUT2D eigenvalue weighted by molar-refractivity contribution is -0.386. The average molecular weight is 379 g/mol. The normalized spacial score (nSPS) is 11.1. The third-order valence-corrected chi connectivity index (χ3v) is 2.88. The van der Waals surface area contributed by atoms with Gasteiger partial charge in [-0.1, -0.05) is 12.1 Å². The maximum Gasteiger partial charge on any atom is 0.573 e. The highest BCUT2D eigenvalue weighted by Gasteiger charge is 2.33. The Morgan fingerprint density at radius 2 is 1.82 bits per heavy atom. The van der Waals surface area contributed by atoms with Crippen molar-refractivity contribution in [2.75, 3.05) is 0 Å². The lowest BCUT2D eigenvalue weighted by Gasteiger charge is -2.14. The van der Waals surface area contributed by atoms with Gasteiger partial charge in [-0.2, -0.15) is 0 Å². The number of halogens is 4. The number of benzene rings is 1. The van der Waals surface area contributed by atoms with Gasteiger partial charge in [0, 0.05) is 6.20 Å². The highest BCUT2D eigenvalue weighted by Crippen LogP contribution is 2.41. The Balaban J connectivity index is 2.42. The van der Waals surface area contributed by atoms with E-state index in [0.717, 1.165) is 12.3 Å². The van der Waals surface area contributed by atoms with Gasteiger partial charge >= 0.3 is 12.0 Å². The Morgan fingerprint density at radius 1 is 1.18 bits per heavy atom. The molecule has 0 bridgehead atoms. The molecule has 0 saturated carbocycles. The van der Waals surface area contributed by atoms with E-state index >= 15 is 0 Å². The van der Waals surface area contributed by atoms with Gasteiger partial charge in [-0.15, -0.1) is 13.2 Å². The number of hydrogen-bond acceptors (Lipinski definition) is 5. The molecule has 1 aromatic carbocycles. The van der Waals surface area contributed by atoms with Crippen LogP contribution in [-0.2, 0) is 0 Å². The number of nitro groups is 1. The van der Waals surface area contributed by atoms with Gasteiger partial charge in [0.15, 0.2) is 11.5 Å². The van der Waals surface area contributed by atoms with Crippen molar-refractivity contribution in [1.82, 2.24) is 4.98 Å². The fraction of sp³-hybridized carbons (Fsp3) is 0.0833. The molecule has 0 saturated heterocycles. The summed E-state index contributed by atoms with van der Waals surface area (Å²) >= 11 is 3.00. The summed E-state index contributed by atoms with van der Waals surface area (Å²) in [6.45, 7) is 0. The van der Waals surface area contributed by atoms with E-state index in [0.29, 0.717) is 0 Å².